The Balaban J connectivity index is 1.42. The summed E-state index contributed by atoms with van der Waals surface area (Å²) in [6.07, 6.45) is 5.37. The summed E-state index contributed by atoms with van der Waals surface area (Å²) in [5.74, 6) is -0.0651. The first-order chi connectivity index (χ1) is 13.1. The van der Waals surface area contributed by atoms with Gasteiger partial charge in [-0.25, -0.2) is 4.68 Å². The Morgan fingerprint density at radius 3 is 2.70 bits per heavy atom. The fraction of sp³-hybridized carbons (Fsp3) is 0.333. The number of aromatic nitrogens is 3. The highest BCUT2D eigenvalue weighted by Crippen LogP contribution is 2.10. The lowest BCUT2D eigenvalue weighted by Gasteiger charge is -2.21. The van der Waals surface area contributed by atoms with Gasteiger partial charge in [0.25, 0.3) is 11.5 Å². The number of rotatable bonds is 3. The van der Waals surface area contributed by atoms with E-state index in [9.17, 15) is 14.4 Å². The standard InChI is InChI=1S/C18H19N5O4/c24-16(12-23-17(25)14-4-1-6-22(14)13-19-23)20-7-3-8-21(10-9-20)18(26)15-5-2-11-27-15/h1-2,4-6,11,13H,3,7-10,12H2. The number of fused-ring (bicyclic) bond motifs is 1. The average molecular weight is 369 g/mol. The quantitative estimate of drug-likeness (QED) is 0.669. The maximum atomic E-state index is 12.6. The third-order valence-electron chi connectivity index (χ3n) is 4.70. The van der Waals surface area contributed by atoms with Crippen LogP contribution in [0.2, 0.25) is 0 Å². The molecule has 1 aliphatic rings. The molecule has 0 atom stereocenters. The zero-order valence-electron chi connectivity index (χ0n) is 14.7. The lowest BCUT2D eigenvalue weighted by atomic mass is 10.3. The van der Waals surface area contributed by atoms with E-state index < -0.39 is 0 Å². The van der Waals surface area contributed by atoms with Gasteiger partial charge in [0.15, 0.2) is 5.76 Å². The maximum Gasteiger partial charge on any atom is 0.291 e. The maximum absolute atomic E-state index is 12.6. The molecule has 0 spiro atoms. The van der Waals surface area contributed by atoms with Crippen LogP contribution in [0.3, 0.4) is 0 Å². The van der Waals surface area contributed by atoms with Crippen molar-refractivity contribution < 1.29 is 14.0 Å². The van der Waals surface area contributed by atoms with Crippen LogP contribution in [-0.4, -0.2) is 62.0 Å². The Morgan fingerprint density at radius 1 is 1.07 bits per heavy atom. The van der Waals surface area contributed by atoms with Crippen LogP contribution in [0.25, 0.3) is 5.52 Å². The Morgan fingerprint density at radius 2 is 1.89 bits per heavy atom. The van der Waals surface area contributed by atoms with E-state index in [4.69, 9.17) is 4.42 Å². The van der Waals surface area contributed by atoms with Crippen molar-refractivity contribution in [1.29, 1.82) is 0 Å². The summed E-state index contributed by atoms with van der Waals surface area (Å²) in [7, 11) is 0. The first-order valence-electron chi connectivity index (χ1n) is 8.77. The number of hydrogen-bond donors (Lipinski definition) is 0. The molecule has 0 bridgehead atoms. The van der Waals surface area contributed by atoms with Gasteiger partial charge in [-0.1, -0.05) is 0 Å². The van der Waals surface area contributed by atoms with Gasteiger partial charge in [0, 0.05) is 32.4 Å². The minimum absolute atomic E-state index is 0.118. The normalized spacial score (nSPS) is 15.1. The lowest BCUT2D eigenvalue weighted by molar-refractivity contribution is -0.132. The van der Waals surface area contributed by atoms with Crippen LogP contribution < -0.4 is 5.56 Å². The van der Waals surface area contributed by atoms with Crippen LogP contribution >= 0.6 is 0 Å². The molecular weight excluding hydrogens is 350 g/mol. The van der Waals surface area contributed by atoms with Gasteiger partial charge in [-0.2, -0.15) is 5.10 Å². The minimum atomic E-state index is -0.305. The Labute approximate surface area is 154 Å². The molecule has 1 aliphatic heterocycles. The molecule has 1 saturated heterocycles. The first kappa shape index (κ1) is 17.1. The SMILES string of the molecule is O=C(Cn1ncn2cccc2c1=O)N1CCCN(C(=O)c2ccco2)CC1. The van der Waals surface area contributed by atoms with Gasteiger partial charge in [-0.3, -0.25) is 14.4 Å². The predicted octanol–water partition coefficient (Wildman–Crippen LogP) is 0.464. The van der Waals surface area contributed by atoms with Crippen LogP contribution in [0.5, 0.6) is 0 Å². The second-order valence-corrected chi connectivity index (χ2v) is 6.40. The Kier molecular flexibility index (Phi) is 4.49. The molecule has 140 valence electrons. The third kappa shape index (κ3) is 3.35. The topological polar surface area (TPSA) is 93.1 Å². The summed E-state index contributed by atoms with van der Waals surface area (Å²) < 4.78 is 7.96. The number of hydrogen-bond acceptors (Lipinski definition) is 5. The molecule has 0 saturated carbocycles. The molecular formula is C18H19N5O4. The molecule has 0 aromatic carbocycles. The number of carbonyl (C=O) groups excluding carboxylic acids is 2. The van der Waals surface area contributed by atoms with Crippen LogP contribution in [0.4, 0.5) is 0 Å². The first-order valence-corrected chi connectivity index (χ1v) is 8.77. The summed E-state index contributed by atoms with van der Waals surface area (Å²) in [6.45, 7) is 1.80. The van der Waals surface area contributed by atoms with E-state index in [0.717, 1.165) is 0 Å². The smallest absolute Gasteiger partial charge is 0.291 e. The van der Waals surface area contributed by atoms with E-state index in [2.05, 4.69) is 5.10 Å². The highest BCUT2D eigenvalue weighted by molar-refractivity contribution is 5.91. The fourth-order valence-electron chi connectivity index (χ4n) is 3.25. The van der Waals surface area contributed by atoms with E-state index in [1.54, 1.807) is 44.7 Å². The summed E-state index contributed by atoms with van der Waals surface area (Å²) in [5.41, 5.74) is 0.171. The molecule has 4 heterocycles. The molecule has 27 heavy (non-hydrogen) atoms. The van der Waals surface area contributed by atoms with Gasteiger partial charge in [0.1, 0.15) is 18.4 Å². The van der Waals surface area contributed by atoms with Crippen molar-refractivity contribution in [2.75, 3.05) is 26.2 Å². The average Bonchev–Trinajstić information content (AvgIpc) is 3.31. The molecule has 1 fully saturated rings. The van der Waals surface area contributed by atoms with E-state index in [-0.39, 0.29) is 23.9 Å². The van der Waals surface area contributed by atoms with Gasteiger partial charge in [0.05, 0.1) is 6.26 Å². The molecule has 0 N–H and O–H groups in total. The van der Waals surface area contributed by atoms with Crippen molar-refractivity contribution in [3.05, 3.63) is 59.2 Å². The van der Waals surface area contributed by atoms with E-state index in [1.165, 1.54) is 17.3 Å². The molecule has 3 aromatic rings. The van der Waals surface area contributed by atoms with Crippen LogP contribution in [-0.2, 0) is 11.3 Å². The van der Waals surface area contributed by atoms with E-state index in [1.807, 2.05) is 0 Å². The minimum Gasteiger partial charge on any atom is -0.459 e. The lowest BCUT2D eigenvalue weighted by Crippen LogP contribution is -2.40. The summed E-state index contributed by atoms with van der Waals surface area (Å²) >= 11 is 0. The predicted molar refractivity (Wildman–Crippen MR) is 95.3 cm³/mol. The van der Waals surface area contributed by atoms with Crippen molar-refractivity contribution in [2.45, 2.75) is 13.0 Å². The van der Waals surface area contributed by atoms with E-state index >= 15 is 0 Å². The highest BCUT2D eigenvalue weighted by atomic mass is 16.3. The van der Waals surface area contributed by atoms with Gasteiger partial charge in [-0.15, -0.1) is 0 Å². The van der Waals surface area contributed by atoms with Crippen molar-refractivity contribution >= 4 is 17.3 Å². The van der Waals surface area contributed by atoms with Crippen molar-refractivity contribution in [1.82, 2.24) is 24.0 Å². The summed E-state index contributed by atoms with van der Waals surface area (Å²) in [6, 6.07) is 6.75. The molecule has 9 heteroatoms. The Hall–Kier alpha value is -3.36. The highest BCUT2D eigenvalue weighted by Gasteiger charge is 2.24. The van der Waals surface area contributed by atoms with Crippen LogP contribution in [0.1, 0.15) is 17.0 Å². The van der Waals surface area contributed by atoms with Crippen LogP contribution in [0, 0.1) is 0 Å². The largest absolute Gasteiger partial charge is 0.459 e. The molecule has 0 unspecified atom stereocenters. The molecule has 0 radical (unpaired) electrons. The van der Waals surface area contributed by atoms with Gasteiger partial charge >= 0.3 is 0 Å². The van der Waals surface area contributed by atoms with Gasteiger partial charge in [0.2, 0.25) is 5.91 Å². The number of furan rings is 1. The van der Waals surface area contributed by atoms with Gasteiger partial charge in [-0.05, 0) is 30.7 Å². The molecule has 3 aromatic heterocycles. The monoisotopic (exact) mass is 369 g/mol. The summed E-state index contributed by atoms with van der Waals surface area (Å²) in [4.78, 5) is 40.8. The van der Waals surface area contributed by atoms with Crippen LogP contribution in [0.15, 0.2) is 52.3 Å². The third-order valence-corrected chi connectivity index (χ3v) is 4.70. The van der Waals surface area contributed by atoms with E-state index in [0.29, 0.717) is 43.9 Å². The Bertz CT molecular complexity index is 1020. The van der Waals surface area contributed by atoms with Crippen molar-refractivity contribution in [2.24, 2.45) is 0 Å². The zero-order chi connectivity index (χ0) is 18.8. The second-order valence-electron chi connectivity index (χ2n) is 6.40. The number of carbonyl (C=O) groups is 2. The van der Waals surface area contributed by atoms with Crippen molar-refractivity contribution in [3.8, 4) is 0 Å². The molecule has 0 aliphatic carbocycles. The number of amides is 2. The molecule has 4 rings (SSSR count). The number of nitrogens with zero attached hydrogens (tertiary/aromatic N) is 5. The van der Waals surface area contributed by atoms with Gasteiger partial charge < -0.3 is 18.6 Å². The molecule has 2 amide bonds. The molecule has 9 nitrogen and oxygen atoms in total. The second kappa shape index (κ2) is 7.10. The summed E-state index contributed by atoms with van der Waals surface area (Å²) in [5, 5.41) is 4.06. The fourth-order valence-corrected chi connectivity index (χ4v) is 3.25. The van der Waals surface area contributed by atoms with Crippen molar-refractivity contribution in [3.63, 3.8) is 0 Å². The zero-order valence-corrected chi connectivity index (χ0v) is 14.7.